The van der Waals surface area contributed by atoms with Crippen molar-refractivity contribution in [3.8, 4) is 11.8 Å². The predicted octanol–water partition coefficient (Wildman–Crippen LogP) is 2.14. The van der Waals surface area contributed by atoms with Gasteiger partial charge in [-0.05, 0) is 44.3 Å². The van der Waals surface area contributed by atoms with Crippen LogP contribution in [-0.2, 0) is 13.0 Å². The number of aromatic hydroxyl groups is 1. The molecule has 0 bridgehead atoms. The summed E-state index contributed by atoms with van der Waals surface area (Å²) in [5.41, 5.74) is 3.09. The van der Waals surface area contributed by atoms with Crippen LogP contribution in [0.3, 0.4) is 0 Å². The number of anilines is 2. The fourth-order valence-electron chi connectivity index (χ4n) is 6.00. The maximum Gasteiger partial charge on any atom is 0.318 e. The molecule has 2 atom stereocenters. The number of ether oxygens (including phenoxy) is 1. The van der Waals surface area contributed by atoms with E-state index in [2.05, 4.69) is 33.1 Å². The van der Waals surface area contributed by atoms with Crippen LogP contribution in [0.4, 0.5) is 11.5 Å². The van der Waals surface area contributed by atoms with Crippen molar-refractivity contribution in [2.75, 3.05) is 62.8 Å². The molecule has 0 spiro atoms. The molecule has 0 amide bonds. The van der Waals surface area contributed by atoms with E-state index in [-0.39, 0.29) is 18.4 Å². The van der Waals surface area contributed by atoms with Crippen LogP contribution >= 0.6 is 0 Å². The van der Waals surface area contributed by atoms with Gasteiger partial charge < -0.3 is 35.0 Å². The number of phenolic OH excluding ortho intramolecular Hbond substituents is 1. The van der Waals surface area contributed by atoms with Crippen LogP contribution in [0.15, 0.2) is 36.4 Å². The minimum atomic E-state index is -0.0328. The summed E-state index contributed by atoms with van der Waals surface area (Å²) >= 11 is 0. The van der Waals surface area contributed by atoms with E-state index in [1.807, 2.05) is 30.3 Å². The van der Waals surface area contributed by atoms with Gasteiger partial charge in [0.25, 0.3) is 0 Å². The normalized spacial score (nSPS) is 22.4. The predicted molar refractivity (Wildman–Crippen MR) is 145 cm³/mol. The molecule has 0 aliphatic carbocycles. The summed E-state index contributed by atoms with van der Waals surface area (Å²) in [4.78, 5) is 16.7. The van der Waals surface area contributed by atoms with Crippen molar-refractivity contribution in [2.45, 2.75) is 37.9 Å². The first-order valence-corrected chi connectivity index (χ1v) is 13.4. The number of benzene rings is 2. The molecule has 2 saturated heterocycles. The fourth-order valence-corrected chi connectivity index (χ4v) is 6.00. The molecule has 0 radical (unpaired) electrons. The highest BCUT2D eigenvalue weighted by atomic mass is 16.5. The van der Waals surface area contributed by atoms with Crippen LogP contribution in [0.1, 0.15) is 24.1 Å². The number of aliphatic hydroxyl groups is 1. The molecule has 4 heterocycles. The van der Waals surface area contributed by atoms with Gasteiger partial charge in [0.15, 0.2) is 0 Å². The maximum atomic E-state index is 10.4. The molecule has 3 aliphatic heterocycles. The lowest BCUT2D eigenvalue weighted by Gasteiger charge is -2.39. The molecule has 3 aliphatic rings. The first-order chi connectivity index (χ1) is 18.1. The monoisotopic (exact) mass is 504 g/mol. The molecule has 37 heavy (non-hydrogen) atoms. The Morgan fingerprint density at radius 1 is 1.11 bits per heavy atom. The highest BCUT2D eigenvalue weighted by molar-refractivity contribution is 5.95. The zero-order valence-electron chi connectivity index (χ0n) is 21.4. The molecule has 196 valence electrons. The second-order valence-electron chi connectivity index (χ2n) is 10.4. The summed E-state index contributed by atoms with van der Waals surface area (Å²) in [6.45, 7) is 5.47. The molecule has 9 nitrogen and oxygen atoms in total. The Balaban J connectivity index is 1.36. The lowest BCUT2D eigenvalue weighted by molar-refractivity contribution is 0.187. The molecular formula is C28H36N6O3. The zero-order valence-corrected chi connectivity index (χ0v) is 21.4. The van der Waals surface area contributed by atoms with Crippen LogP contribution < -0.4 is 19.9 Å². The van der Waals surface area contributed by atoms with E-state index in [1.165, 1.54) is 6.42 Å². The third-order valence-corrected chi connectivity index (χ3v) is 8.10. The highest BCUT2D eigenvalue weighted by Crippen LogP contribution is 2.36. The summed E-state index contributed by atoms with van der Waals surface area (Å²) in [6.07, 6.45) is 3.09. The van der Waals surface area contributed by atoms with E-state index in [0.717, 1.165) is 79.1 Å². The standard InChI is InChI=1S/C28H36N6O3/c1-32-10-4-6-20(32)18-37-28-30-25-16-33(26-14-22(36)13-19-5-2-3-7-23(19)26)11-8-24(25)27(31-28)34-12-9-29-15-21(34)17-35/h2-3,5,7,13-14,20-21,29,35-36H,4,6,8-12,15-18H2,1H3/t20-,21?/m0/s1. The fraction of sp³-hybridized carbons (Fsp3) is 0.500. The number of aromatic nitrogens is 2. The van der Waals surface area contributed by atoms with E-state index in [4.69, 9.17) is 14.7 Å². The van der Waals surface area contributed by atoms with Gasteiger partial charge in [-0.25, -0.2) is 0 Å². The van der Waals surface area contributed by atoms with Crippen LogP contribution in [0, 0.1) is 0 Å². The number of hydrogen-bond acceptors (Lipinski definition) is 9. The number of phenols is 1. The van der Waals surface area contributed by atoms with Gasteiger partial charge in [-0.15, -0.1) is 0 Å². The molecule has 3 N–H and O–H groups in total. The summed E-state index contributed by atoms with van der Waals surface area (Å²) in [6, 6.07) is 12.6. The molecule has 2 fully saturated rings. The smallest absolute Gasteiger partial charge is 0.318 e. The minimum absolute atomic E-state index is 0.0328. The quantitative estimate of drug-likeness (QED) is 0.467. The number of fused-ring (bicyclic) bond motifs is 2. The highest BCUT2D eigenvalue weighted by Gasteiger charge is 2.31. The Kier molecular flexibility index (Phi) is 6.75. The van der Waals surface area contributed by atoms with Crippen molar-refractivity contribution in [2.24, 2.45) is 0 Å². The third kappa shape index (κ3) is 4.79. The van der Waals surface area contributed by atoms with Crippen molar-refractivity contribution >= 4 is 22.3 Å². The van der Waals surface area contributed by atoms with Crippen molar-refractivity contribution in [1.29, 1.82) is 0 Å². The molecule has 2 aromatic carbocycles. The molecule has 1 unspecified atom stereocenters. The van der Waals surface area contributed by atoms with Crippen LogP contribution in [0.2, 0.25) is 0 Å². The molecule has 1 aromatic heterocycles. The second-order valence-corrected chi connectivity index (χ2v) is 10.4. The van der Waals surface area contributed by atoms with E-state index in [1.54, 1.807) is 0 Å². The molecular weight excluding hydrogens is 468 g/mol. The number of likely N-dealkylation sites (tertiary alicyclic amines) is 1. The van der Waals surface area contributed by atoms with E-state index >= 15 is 0 Å². The summed E-state index contributed by atoms with van der Waals surface area (Å²) in [7, 11) is 2.14. The minimum Gasteiger partial charge on any atom is -0.508 e. The first kappa shape index (κ1) is 24.2. The van der Waals surface area contributed by atoms with Crippen molar-refractivity contribution in [1.82, 2.24) is 20.2 Å². The van der Waals surface area contributed by atoms with Crippen molar-refractivity contribution in [3.63, 3.8) is 0 Å². The number of rotatable bonds is 6. The number of piperazine rings is 1. The van der Waals surface area contributed by atoms with Crippen molar-refractivity contribution in [3.05, 3.63) is 47.7 Å². The third-order valence-electron chi connectivity index (χ3n) is 8.10. The summed E-state index contributed by atoms with van der Waals surface area (Å²) in [5, 5.41) is 26.0. The average Bonchev–Trinajstić information content (AvgIpc) is 3.35. The number of nitrogens with zero attached hydrogens (tertiary/aromatic N) is 5. The van der Waals surface area contributed by atoms with E-state index in [9.17, 15) is 10.2 Å². The van der Waals surface area contributed by atoms with Gasteiger partial charge in [0.05, 0.1) is 24.9 Å². The largest absolute Gasteiger partial charge is 0.508 e. The Morgan fingerprint density at radius 2 is 2.00 bits per heavy atom. The van der Waals surface area contributed by atoms with E-state index in [0.29, 0.717) is 25.2 Å². The van der Waals surface area contributed by atoms with Gasteiger partial charge >= 0.3 is 6.01 Å². The first-order valence-electron chi connectivity index (χ1n) is 13.4. The number of hydrogen-bond donors (Lipinski definition) is 3. The summed E-state index contributed by atoms with van der Waals surface area (Å²) in [5.74, 6) is 1.15. The van der Waals surface area contributed by atoms with Gasteiger partial charge in [0.1, 0.15) is 18.2 Å². The van der Waals surface area contributed by atoms with Gasteiger partial charge in [-0.2, -0.15) is 9.97 Å². The van der Waals surface area contributed by atoms with Crippen LogP contribution in [-0.4, -0.2) is 90.1 Å². The molecule has 9 heteroatoms. The van der Waals surface area contributed by atoms with Gasteiger partial charge in [0.2, 0.25) is 0 Å². The average molecular weight is 505 g/mol. The SMILES string of the molecule is CN1CCC[C@H]1COc1nc2c(c(N3CCNCC3CO)n1)CCN(c1cc(O)cc3ccccc13)C2. The lowest BCUT2D eigenvalue weighted by atomic mass is 10.0. The lowest BCUT2D eigenvalue weighted by Crippen LogP contribution is -2.54. The number of aliphatic hydroxyl groups excluding tert-OH is 1. The van der Waals surface area contributed by atoms with E-state index < -0.39 is 0 Å². The molecule has 6 rings (SSSR count). The number of likely N-dealkylation sites (N-methyl/N-ethyl adjacent to an activating group) is 1. The van der Waals surface area contributed by atoms with Crippen LogP contribution in [0.5, 0.6) is 11.8 Å². The summed E-state index contributed by atoms with van der Waals surface area (Å²) < 4.78 is 6.23. The second kappa shape index (κ2) is 10.3. The van der Waals surface area contributed by atoms with Gasteiger partial charge in [0, 0.05) is 54.9 Å². The van der Waals surface area contributed by atoms with Crippen LogP contribution in [0.25, 0.3) is 10.8 Å². The number of nitrogens with one attached hydrogen (secondary N) is 1. The Morgan fingerprint density at radius 3 is 2.84 bits per heavy atom. The Bertz CT molecular complexity index is 1270. The molecule has 0 saturated carbocycles. The van der Waals surface area contributed by atoms with Gasteiger partial charge in [-0.1, -0.05) is 24.3 Å². The maximum absolute atomic E-state index is 10.4. The Labute approximate surface area is 217 Å². The molecule has 3 aromatic rings. The van der Waals surface area contributed by atoms with Gasteiger partial charge in [-0.3, -0.25) is 0 Å². The Hall–Kier alpha value is -3.14. The zero-order chi connectivity index (χ0) is 25.4. The van der Waals surface area contributed by atoms with Crippen molar-refractivity contribution < 1.29 is 14.9 Å². The topological polar surface area (TPSA) is 97.2 Å².